The van der Waals surface area contributed by atoms with Gasteiger partial charge in [-0.3, -0.25) is 9.69 Å². The highest BCUT2D eigenvalue weighted by Crippen LogP contribution is 2.31. The van der Waals surface area contributed by atoms with Gasteiger partial charge in [0.2, 0.25) is 0 Å². The van der Waals surface area contributed by atoms with Gasteiger partial charge >= 0.3 is 6.03 Å². The van der Waals surface area contributed by atoms with Crippen LogP contribution in [0.15, 0.2) is 72.8 Å². The minimum absolute atomic E-state index is 0.0115. The van der Waals surface area contributed by atoms with Crippen LogP contribution in [0.4, 0.5) is 16.2 Å². The number of rotatable bonds is 9. The molecule has 3 aromatic rings. The molecule has 1 aliphatic heterocycles. The van der Waals surface area contributed by atoms with Gasteiger partial charge in [-0.25, -0.2) is 4.79 Å². The van der Waals surface area contributed by atoms with Gasteiger partial charge in [0, 0.05) is 36.9 Å². The number of hydrogen-bond acceptors (Lipinski definition) is 6. The molecular weight excluding hydrogens is 508 g/mol. The highest BCUT2D eigenvalue weighted by molar-refractivity contribution is 6.02. The molecule has 0 unspecified atom stereocenters. The lowest BCUT2D eigenvalue weighted by atomic mass is 9.99. The molecule has 9 heteroatoms. The van der Waals surface area contributed by atoms with Crippen LogP contribution in [0.2, 0.25) is 0 Å². The van der Waals surface area contributed by atoms with Crippen molar-refractivity contribution in [2.75, 3.05) is 44.5 Å². The highest BCUT2D eigenvalue weighted by Gasteiger charge is 2.33. The molecule has 3 aromatic carbocycles. The molecule has 212 valence electrons. The van der Waals surface area contributed by atoms with Crippen LogP contribution in [-0.4, -0.2) is 72.8 Å². The number of hydrogen-bond donors (Lipinski definition) is 3. The Balaban J connectivity index is 1.54. The van der Waals surface area contributed by atoms with E-state index in [1.807, 2.05) is 25.1 Å². The highest BCUT2D eigenvalue weighted by atomic mass is 16.5. The zero-order chi connectivity index (χ0) is 28.6. The molecule has 3 amide bonds. The SMILES string of the molecule is COc1ccc(NC(=O)Nc2ccc3c(c2)C(=O)N([C@@H](C)CO)C[C@H](C)[C@@H](CN(C)Cc2ccccc2)O3)cc1. The summed E-state index contributed by atoms with van der Waals surface area (Å²) in [7, 11) is 3.63. The van der Waals surface area contributed by atoms with Crippen molar-refractivity contribution >= 4 is 23.3 Å². The Morgan fingerprint density at radius 3 is 2.45 bits per heavy atom. The average Bonchev–Trinajstić information content (AvgIpc) is 2.95. The molecule has 1 heterocycles. The third-order valence-electron chi connectivity index (χ3n) is 7.06. The van der Waals surface area contributed by atoms with Crippen LogP contribution < -0.4 is 20.1 Å². The second kappa shape index (κ2) is 13.3. The van der Waals surface area contributed by atoms with Gasteiger partial charge in [0.05, 0.1) is 25.3 Å². The summed E-state index contributed by atoms with van der Waals surface area (Å²) in [5, 5.41) is 15.5. The standard InChI is InChI=1S/C31H38N4O5/c1-21-17-35(22(2)20-36)30(37)27-16-25(33-31(38)32-24-10-13-26(39-4)14-11-24)12-15-28(27)40-29(21)19-34(3)18-23-8-6-5-7-9-23/h5-16,21-22,29,36H,17-20H2,1-4H3,(H2,32,33,38)/t21-,22-,29+/m0/s1. The van der Waals surface area contributed by atoms with E-state index in [1.54, 1.807) is 54.5 Å². The third-order valence-corrected chi connectivity index (χ3v) is 7.06. The molecule has 0 saturated heterocycles. The van der Waals surface area contributed by atoms with Gasteiger partial charge in [-0.15, -0.1) is 0 Å². The van der Waals surface area contributed by atoms with E-state index >= 15 is 0 Å². The fourth-order valence-corrected chi connectivity index (χ4v) is 4.75. The van der Waals surface area contributed by atoms with Gasteiger partial charge in [-0.05, 0) is 62.0 Å². The number of likely N-dealkylation sites (N-methyl/N-ethyl adjacent to an activating group) is 1. The molecular formula is C31H38N4O5. The second-order valence-corrected chi connectivity index (χ2v) is 10.3. The van der Waals surface area contributed by atoms with E-state index in [0.717, 1.165) is 6.54 Å². The van der Waals surface area contributed by atoms with Crippen LogP contribution in [0.25, 0.3) is 0 Å². The Morgan fingerprint density at radius 2 is 1.77 bits per heavy atom. The number of fused-ring (bicyclic) bond motifs is 1. The molecule has 4 rings (SSSR count). The van der Waals surface area contributed by atoms with Crippen molar-refractivity contribution in [1.29, 1.82) is 0 Å². The number of amides is 3. The first-order valence-electron chi connectivity index (χ1n) is 13.4. The summed E-state index contributed by atoms with van der Waals surface area (Å²) in [6.45, 7) is 5.58. The smallest absolute Gasteiger partial charge is 0.323 e. The number of carbonyl (C=O) groups is 2. The molecule has 1 aliphatic rings. The zero-order valence-corrected chi connectivity index (χ0v) is 23.5. The fourth-order valence-electron chi connectivity index (χ4n) is 4.75. The van der Waals surface area contributed by atoms with Crippen molar-refractivity contribution in [1.82, 2.24) is 9.80 Å². The van der Waals surface area contributed by atoms with Gasteiger partial charge in [0.25, 0.3) is 5.91 Å². The average molecular weight is 547 g/mol. The van der Waals surface area contributed by atoms with Crippen LogP contribution in [0.3, 0.4) is 0 Å². The van der Waals surface area contributed by atoms with Gasteiger partial charge in [0.15, 0.2) is 0 Å². The van der Waals surface area contributed by atoms with Crippen LogP contribution in [0, 0.1) is 5.92 Å². The quantitative estimate of drug-likeness (QED) is 0.360. The van der Waals surface area contributed by atoms with Crippen molar-refractivity contribution in [2.45, 2.75) is 32.5 Å². The lowest BCUT2D eigenvalue weighted by Gasteiger charge is -2.38. The Bertz CT molecular complexity index is 1280. The monoisotopic (exact) mass is 546 g/mol. The zero-order valence-electron chi connectivity index (χ0n) is 23.5. The summed E-state index contributed by atoms with van der Waals surface area (Å²) in [6, 6.07) is 21.5. The predicted molar refractivity (Wildman–Crippen MR) is 156 cm³/mol. The maximum Gasteiger partial charge on any atom is 0.323 e. The van der Waals surface area contributed by atoms with E-state index in [0.29, 0.717) is 41.5 Å². The number of anilines is 2. The third kappa shape index (κ3) is 7.31. The molecule has 0 aliphatic carbocycles. The topological polar surface area (TPSA) is 103 Å². The number of methoxy groups -OCH3 is 1. The van der Waals surface area contributed by atoms with Crippen molar-refractivity contribution in [2.24, 2.45) is 5.92 Å². The molecule has 0 saturated carbocycles. The normalized spacial score (nSPS) is 17.8. The molecule has 0 fully saturated rings. The summed E-state index contributed by atoms with van der Waals surface area (Å²) in [5.74, 6) is 0.897. The molecule has 0 bridgehead atoms. The summed E-state index contributed by atoms with van der Waals surface area (Å²) in [6.07, 6.45) is -0.203. The maximum absolute atomic E-state index is 13.7. The number of urea groups is 1. The van der Waals surface area contributed by atoms with E-state index < -0.39 is 6.03 Å². The molecule has 0 spiro atoms. The Kier molecular flexibility index (Phi) is 9.63. The molecule has 0 aromatic heterocycles. The lowest BCUT2D eigenvalue weighted by Crippen LogP contribution is -2.49. The number of nitrogens with zero attached hydrogens (tertiary/aromatic N) is 2. The Hall–Kier alpha value is -4.08. The van der Waals surface area contributed by atoms with Crippen molar-refractivity contribution < 1.29 is 24.2 Å². The van der Waals surface area contributed by atoms with Gasteiger partial charge in [-0.2, -0.15) is 0 Å². The van der Waals surface area contributed by atoms with Gasteiger partial charge in [-0.1, -0.05) is 37.3 Å². The summed E-state index contributed by atoms with van der Waals surface area (Å²) in [4.78, 5) is 30.3. The van der Waals surface area contributed by atoms with Crippen LogP contribution in [0.5, 0.6) is 11.5 Å². The Morgan fingerprint density at radius 1 is 1.10 bits per heavy atom. The first kappa shape index (κ1) is 28.9. The number of aliphatic hydroxyl groups is 1. The molecule has 40 heavy (non-hydrogen) atoms. The van der Waals surface area contributed by atoms with E-state index in [4.69, 9.17) is 9.47 Å². The van der Waals surface area contributed by atoms with Crippen molar-refractivity contribution in [3.05, 3.63) is 83.9 Å². The number of carbonyl (C=O) groups excluding carboxylic acids is 2. The number of nitrogens with one attached hydrogen (secondary N) is 2. The van der Waals surface area contributed by atoms with Crippen molar-refractivity contribution in [3.63, 3.8) is 0 Å². The molecule has 3 atom stereocenters. The summed E-state index contributed by atoms with van der Waals surface area (Å²) in [5.41, 5.74) is 2.59. The largest absolute Gasteiger partial charge is 0.497 e. The van der Waals surface area contributed by atoms with Crippen LogP contribution in [-0.2, 0) is 6.54 Å². The number of aliphatic hydroxyl groups excluding tert-OH is 1. The number of benzene rings is 3. The summed E-state index contributed by atoms with van der Waals surface area (Å²) >= 11 is 0. The van der Waals surface area contributed by atoms with Crippen molar-refractivity contribution in [3.8, 4) is 11.5 Å². The summed E-state index contributed by atoms with van der Waals surface area (Å²) < 4.78 is 11.6. The fraction of sp³-hybridized carbons (Fsp3) is 0.355. The van der Waals surface area contributed by atoms with E-state index in [-0.39, 0.29) is 30.6 Å². The first-order chi connectivity index (χ1) is 19.3. The van der Waals surface area contributed by atoms with Gasteiger partial charge < -0.3 is 30.1 Å². The van der Waals surface area contributed by atoms with E-state index in [2.05, 4.69) is 41.6 Å². The van der Waals surface area contributed by atoms with Crippen LogP contribution >= 0.6 is 0 Å². The van der Waals surface area contributed by atoms with Gasteiger partial charge in [0.1, 0.15) is 17.6 Å². The van der Waals surface area contributed by atoms with E-state index in [9.17, 15) is 14.7 Å². The Labute approximate surface area is 235 Å². The predicted octanol–water partition coefficient (Wildman–Crippen LogP) is 4.69. The maximum atomic E-state index is 13.7. The minimum Gasteiger partial charge on any atom is -0.497 e. The molecule has 9 nitrogen and oxygen atoms in total. The van der Waals surface area contributed by atoms with E-state index in [1.165, 1.54) is 5.56 Å². The molecule has 3 N–H and O–H groups in total. The molecule has 0 radical (unpaired) electrons. The number of ether oxygens (including phenoxy) is 2. The first-order valence-corrected chi connectivity index (χ1v) is 13.4. The second-order valence-electron chi connectivity index (χ2n) is 10.3. The lowest BCUT2D eigenvalue weighted by molar-refractivity contribution is 0.0341. The van der Waals surface area contributed by atoms with Crippen LogP contribution in [0.1, 0.15) is 29.8 Å². The minimum atomic E-state index is -0.445.